The number of nitrogens with zero attached hydrogens (tertiary/aromatic N) is 1. The molecule has 0 aliphatic carbocycles. The Morgan fingerprint density at radius 1 is 1.20 bits per heavy atom. The van der Waals surface area contributed by atoms with E-state index in [1.807, 2.05) is 36.2 Å². The average molecular weight is 293 g/mol. The van der Waals surface area contributed by atoms with Crippen molar-refractivity contribution in [2.45, 2.75) is 13.5 Å². The van der Waals surface area contributed by atoms with Gasteiger partial charge in [0.15, 0.2) is 0 Å². The van der Waals surface area contributed by atoms with Crippen LogP contribution < -0.4 is 10.2 Å². The minimum absolute atomic E-state index is 0.239. The Morgan fingerprint density at radius 2 is 2.00 bits per heavy atom. The van der Waals surface area contributed by atoms with E-state index in [9.17, 15) is 4.39 Å². The van der Waals surface area contributed by atoms with Crippen LogP contribution in [0, 0.1) is 5.82 Å². The molecule has 0 saturated heterocycles. The first-order valence-electron chi connectivity index (χ1n) is 6.60. The molecule has 1 N–H and O–H groups in total. The Morgan fingerprint density at radius 3 is 2.70 bits per heavy atom. The quantitative estimate of drug-likeness (QED) is 0.881. The molecule has 0 radical (unpaired) electrons. The van der Waals surface area contributed by atoms with Gasteiger partial charge in [-0.25, -0.2) is 4.39 Å². The van der Waals surface area contributed by atoms with Gasteiger partial charge in [0.1, 0.15) is 5.82 Å². The van der Waals surface area contributed by atoms with E-state index in [4.69, 9.17) is 11.6 Å². The summed E-state index contributed by atoms with van der Waals surface area (Å²) in [5.41, 5.74) is 2.91. The lowest BCUT2D eigenvalue weighted by Crippen LogP contribution is -2.17. The van der Waals surface area contributed by atoms with Crippen molar-refractivity contribution in [2.24, 2.45) is 0 Å². The van der Waals surface area contributed by atoms with Gasteiger partial charge in [0.2, 0.25) is 0 Å². The molecule has 0 amide bonds. The summed E-state index contributed by atoms with van der Waals surface area (Å²) in [6.07, 6.45) is 0. The molecule has 0 aliphatic rings. The summed E-state index contributed by atoms with van der Waals surface area (Å²) in [6, 6.07) is 12.3. The predicted octanol–water partition coefficient (Wildman–Crippen LogP) is 4.36. The fourth-order valence-electron chi connectivity index (χ4n) is 2.11. The summed E-state index contributed by atoms with van der Waals surface area (Å²) in [7, 11) is 1.92. The highest BCUT2D eigenvalue weighted by atomic mass is 35.5. The number of hydrogen-bond acceptors (Lipinski definition) is 2. The van der Waals surface area contributed by atoms with Crippen molar-refractivity contribution in [1.29, 1.82) is 0 Å². The lowest BCUT2D eigenvalue weighted by Gasteiger charge is -2.23. The van der Waals surface area contributed by atoms with E-state index >= 15 is 0 Å². The molecule has 2 aromatic carbocycles. The maximum absolute atomic E-state index is 13.4. The Bertz CT molecular complexity index is 586. The zero-order chi connectivity index (χ0) is 14.5. The van der Waals surface area contributed by atoms with E-state index in [-0.39, 0.29) is 5.82 Å². The molecule has 20 heavy (non-hydrogen) atoms. The van der Waals surface area contributed by atoms with E-state index in [1.54, 1.807) is 6.07 Å². The molecule has 0 unspecified atom stereocenters. The third-order valence-corrected chi connectivity index (χ3v) is 3.40. The summed E-state index contributed by atoms with van der Waals surface area (Å²) in [6.45, 7) is 3.67. The van der Waals surface area contributed by atoms with E-state index < -0.39 is 0 Å². The molecular weight excluding hydrogens is 275 g/mol. The topological polar surface area (TPSA) is 15.3 Å². The molecule has 4 heteroatoms. The molecule has 2 nitrogen and oxygen atoms in total. The fourth-order valence-corrected chi connectivity index (χ4v) is 2.30. The highest BCUT2D eigenvalue weighted by Crippen LogP contribution is 2.29. The minimum Gasteiger partial charge on any atom is -0.344 e. The lowest BCUT2D eigenvalue weighted by molar-refractivity contribution is 0.628. The van der Waals surface area contributed by atoms with Crippen LogP contribution in [-0.2, 0) is 6.54 Å². The zero-order valence-corrected chi connectivity index (χ0v) is 12.4. The van der Waals surface area contributed by atoms with Gasteiger partial charge in [-0.3, -0.25) is 0 Å². The predicted molar refractivity (Wildman–Crippen MR) is 83.3 cm³/mol. The second kappa shape index (κ2) is 6.73. The third kappa shape index (κ3) is 3.50. The summed E-state index contributed by atoms with van der Waals surface area (Å²) >= 11 is 6.07. The van der Waals surface area contributed by atoms with Gasteiger partial charge in [-0.2, -0.15) is 0 Å². The number of halogens is 2. The number of rotatable bonds is 5. The highest BCUT2D eigenvalue weighted by molar-refractivity contribution is 6.30. The van der Waals surface area contributed by atoms with Crippen molar-refractivity contribution in [2.75, 3.05) is 18.5 Å². The molecule has 0 spiro atoms. The van der Waals surface area contributed by atoms with Crippen molar-refractivity contribution >= 4 is 23.0 Å². The number of hydrogen-bond donors (Lipinski definition) is 1. The molecule has 2 rings (SSSR count). The van der Waals surface area contributed by atoms with Crippen LogP contribution in [0.1, 0.15) is 12.5 Å². The first-order chi connectivity index (χ1) is 9.61. The first kappa shape index (κ1) is 14.8. The molecule has 0 aliphatic heterocycles. The number of anilines is 2. The second-order valence-corrected chi connectivity index (χ2v) is 5.03. The zero-order valence-electron chi connectivity index (χ0n) is 11.7. The standard InChI is InChI=1S/C16H18ClFN2/c1-3-19-11-12-9-13(17)7-8-16(12)20(2)15-6-4-5-14(18)10-15/h4-10,19H,3,11H2,1-2H3. The second-order valence-electron chi connectivity index (χ2n) is 4.59. The fraction of sp³-hybridized carbons (Fsp3) is 0.250. The van der Waals surface area contributed by atoms with Crippen LogP contribution in [0.25, 0.3) is 0 Å². The van der Waals surface area contributed by atoms with Crippen molar-refractivity contribution < 1.29 is 4.39 Å². The van der Waals surface area contributed by atoms with Crippen molar-refractivity contribution in [3.63, 3.8) is 0 Å². The van der Waals surface area contributed by atoms with Gasteiger partial charge in [0, 0.05) is 30.0 Å². The van der Waals surface area contributed by atoms with Crippen LogP contribution in [-0.4, -0.2) is 13.6 Å². The lowest BCUT2D eigenvalue weighted by atomic mass is 10.1. The molecule has 0 aromatic heterocycles. The van der Waals surface area contributed by atoms with Crippen LogP contribution >= 0.6 is 11.6 Å². The van der Waals surface area contributed by atoms with Gasteiger partial charge in [0.25, 0.3) is 0 Å². The molecule has 2 aromatic rings. The molecule has 0 atom stereocenters. The van der Waals surface area contributed by atoms with Crippen LogP contribution in [0.4, 0.5) is 15.8 Å². The highest BCUT2D eigenvalue weighted by Gasteiger charge is 2.10. The molecule has 0 saturated carbocycles. The average Bonchev–Trinajstić information content (AvgIpc) is 2.44. The van der Waals surface area contributed by atoms with Gasteiger partial charge in [-0.15, -0.1) is 0 Å². The maximum atomic E-state index is 13.4. The SMILES string of the molecule is CCNCc1cc(Cl)ccc1N(C)c1cccc(F)c1. The van der Waals surface area contributed by atoms with Crippen molar-refractivity contribution in [3.05, 3.63) is 58.9 Å². The Labute approximate surface area is 124 Å². The smallest absolute Gasteiger partial charge is 0.125 e. The van der Waals surface area contributed by atoms with Crippen LogP contribution in [0.2, 0.25) is 5.02 Å². The Balaban J connectivity index is 2.35. The maximum Gasteiger partial charge on any atom is 0.125 e. The van der Waals surface area contributed by atoms with E-state index in [2.05, 4.69) is 12.2 Å². The minimum atomic E-state index is -0.239. The van der Waals surface area contributed by atoms with Gasteiger partial charge in [-0.1, -0.05) is 24.6 Å². The number of benzene rings is 2. The Hall–Kier alpha value is -1.58. The van der Waals surface area contributed by atoms with Gasteiger partial charge in [-0.05, 0) is 48.5 Å². The molecule has 0 heterocycles. The first-order valence-corrected chi connectivity index (χ1v) is 6.98. The normalized spacial score (nSPS) is 10.6. The van der Waals surface area contributed by atoms with Crippen LogP contribution in [0.3, 0.4) is 0 Å². The van der Waals surface area contributed by atoms with Gasteiger partial charge in [0.05, 0.1) is 0 Å². The number of nitrogens with one attached hydrogen (secondary N) is 1. The largest absolute Gasteiger partial charge is 0.344 e. The molecular formula is C16H18ClFN2. The van der Waals surface area contributed by atoms with Gasteiger partial charge < -0.3 is 10.2 Å². The van der Waals surface area contributed by atoms with E-state index in [1.165, 1.54) is 12.1 Å². The van der Waals surface area contributed by atoms with Crippen molar-refractivity contribution in [1.82, 2.24) is 5.32 Å². The monoisotopic (exact) mass is 292 g/mol. The molecule has 0 fully saturated rings. The summed E-state index contributed by atoms with van der Waals surface area (Å²) in [4.78, 5) is 1.96. The molecule has 106 valence electrons. The summed E-state index contributed by atoms with van der Waals surface area (Å²) in [5, 5.41) is 3.99. The van der Waals surface area contributed by atoms with Crippen molar-refractivity contribution in [3.8, 4) is 0 Å². The van der Waals surface area contributed by atoms with E-state index in [0.29, 0.717) is 5.02 Å². The third-order valence-electron chi connectivity index (χ3n) is 3.16. The van der Waals surface area contributed by atoms with Crippen LogP contribution in [0.5, 0.6) is 0 Å². The molecule has 0 bridgehead atoms. The summed E-state index contributed by atoms with van der Waals surface area (Å²) in [5.74, 6) is -0.239. The van der Waals surface area contributed by atoms with Gasteiger partial charge >= 0.3 is 0 Å². The summed E-state index contributed by atoms with van der Waals surface area (Å²) < 4.78 is 13.4. The van der Waals surface area contributed by atoms with Crippen LogP contribution in [0.15, 0.2) is 42.5 Å². The van der Waals surface area contributed by atoms with E-state index in [0.717, 1.165) is 30.0 Å². The Kier molecular flexibility index (Phi) is 4.99.